The highest BCUT2D eigenvalue weighted by Crippen LogP contribution is 2.15. The Kier molecular flexibility index (Phi) is 10.8. The summed E-state index contributed by atoms with van der Waals surface area (Å²) in [4.78, 5) is 29.4. The smallest absolute Gasteiger partial charge is 0.337 e. The number of esters is 1. The van der Waals surface area contributed by atoms with E-state index < -0.39 is 11.9 Å². The predicted molar refractivity (Wildman–Crippen MR) is 88.0 cm³/mol. The Balaban J connectivity index is 0.000000558. The zero-order chi connectivity index (χ0) is 18.5. The molecule has 1 aliphatic rings. The van der Waals surface area contributed by atoms with Gasteiger partial charge in [-0.1, -0.05) is 12.1 Å². The van der Waals surface area contributed by atoms with E-state index in [0.717, 1.165) is 39.0 Å². The molecular weight excluding hydrogens is 316 g/mol. The number of ether oxygens (including phenoxy) is 1. The molecule has 8 heteroatoms. The van der Waals surface area contributed by atoms with Crippen molar-refractivity contribution in [2.75, 3.05) is 26.7 Å². The van der Waals surface area contributed by atoms with Crippen molar-refractivity contribution in [3.63, 3.8) is 0 Å². The van der Waals surface area contributed by atoms with Gasteiger partial charge in [0.2, 0.25) is 0 Å². The van der Waals surface area contributed by atoms with E-state index >= 15 is 0 Å². The van der Waals surface area contributed by atoms with Crippen molar-refractivity contribution in [1.29, 1.82) is 0 Å². The number of methoxy groups -OCH3 is 1. The molecule has 1 saturated heterocycles. The summed E-state index contributed by atoms with van der Waals surface area (Å²) in [6.07, 6.45) is 0. The van der Waals surface area contributed by atoms with Crippen molar-refractivity contribution in [2.45, 2.75) is 19.9 Å². The molecule has 0 bridgehead atoms. The Bertz CT molecular complexity index is 521. The summed E-state index contributed by atoms with van der Waals surface area (Å²) >= 11 is 0. The molecule has 0 aromatic heterocycles. The number of carbonyl (C=O) groups is 3. The number of aliphatic carboxylic acids is 2. The van der Waals surface area contributed by atoms with Crippen LogP contribution in [0.25, 0.3) is 0 Å². The lowest BCUT2D eigenvalue weighted by atomic mass is 10.0. The Morgan fingerprint density at radius 3 is 2.17 bits per heavy atom. The van der Waals surface area contributed by atoms with Gasteiger partial charge in [0.15, 0.2) is 0 Å². The van der Waals surface area contributed by atoms with E-state index in [0.29, 0.717) is 5.56 Å². The summed E-state index contributed by atoms with van der Waals surface area (Å²) in [6, 6.07) is 7.84. The molecule has 24 heavy (non-hydrogen) atoms. The van der Waals surface area contributed by atoms with Crippen LogP contribution in [0.4, 0.5) is 0 Å². The Morgan fingerprint density at radius 1 is 1.12 bits per heavy atom. The number of nitrogens with one attached hydrogen (secondary N) is 2. The van der Waals surface area contributed by atoms with Crippen LogP contribution < -0.4 is 10.6 Å². The molecule has 0 spiro atoms. The van der Waals surface area contributed by atoms with E-state index in [1.165, 1.54) is 7.11 Å². The summed E-state index contributed by atoms with van der Waals surface area (Å²) in [6.45, 7) is 5.00. The monoisotopic (exact) mass is 340 g/mol. The third-order valence-corrected chi connectivity index (χ3v) is 2.75. The van der Waals surface area contributed by atoms with Gasteiger partial charge < -0.3 is 25.6 Å². The lowest BCUT2D eigenvalue weighted by molar-refractivity contribution is -0.135. The molecule has 1 heterocycles. The fraction of sp³-hybridized carbons (Fsp3) is 0.438. The van der Waals surface area contributed by atoms with Gasteiger partial charge in [0.1, 0.15) is 0 Å². The molecule has 0 saturated carbocycles. The van der Waals surface area contributed by atoms with Crippen LogP contribution in [0.3, 0.4) is 0 Å². The first-order valence-corrected chi connectivity index (χ1v) is 7.29. The lowest BCUT2D eigenvalue weighted by Gasteiger charge is -2.25. The van der Waals surface area contributed by atoms with E-state index in [-0.39, 0.29) is 12.0 Å². The fourth-order valence-electron chi connectivity index (χ4n) is 1.89. The van der Waals surface area contributed by atoms with Gasteiger partial charge in [-0.3, -0.25) is 9.59 Å². The molecular formula is C16H24N2O6. The summed E-state index contributed by atoms with van der Waals surface area (Å²) in [5.74, 6) is -1.95. The third kappa shape index (κ3) is 10.3. The van der Waals surface area contributed by atoms with E-state index in [4.69, 9.17) is 24.5 Å². The highest BCUT2D eigenvalue weighted by Gasteiger charge is 2.15. The summed E-state index contributed by atoms with van der Waals surface area (Å²) in [7, 11) is 1.40. The predicted octanol–water partition coefficient (Wildman–Crippen LogP) is 0.889. The van der Waals surface area contributed by atoms with Crippen LogP contribution in [-0.4, -0.2) is 54.9 Å². The second-order valence-electron chi connectivity index (χ2n) is 4.87. The van der Waals surface area contributed by atoms with Crippen LogP contribution in [0.1, 0.15) is 35.8 Å². The fourth-order valence-corrected chi connectivity index (χ4v) is 1.89. The van der Waals surface area contributed by atoms with E-state index in [9.17, 15) is 4.79 Å². The molecule has 0 aliphatic carbocycles. The molecule has 1 atom stereocenters. The van der Waals surface area contributed by atoms with Crippen molar-refractivity contribution in [3.05, 3.63) is 35.4 Å². The van der Waals surface area contributed by atoms with Crippen LogP contribution in [0, 0.1) is 0 Å². The average Bonchev–Trinajstić information content (AvgIpc) is 2.54. The van der Waals surface area contributed by atoms with Gasteiger partial charge in [0.25, 0.3) is 11.9 Å². The minimum Gasteiger partial charge on any atom is -0.481 e. The van der Waals surface area contributed by atoms with Gasteiger partial charge in [0.05, 0.1) is 12.7 Å². The average molecular weight is 340 g/mol. The van der Waals surface area contributed by atoms with Gasteiger partial charge in [-0.05, 0) is 17.7 Å². The topological polar surface area (TPSA) is 125 Å². The first-order chi connectivity index (χ1) is 11.3. The maximum Gasteiger partial charge on any atom is 0.337 e. The second kappa shape index (κ2) is 12.0. The largest absolute Gasteiger partial charge is 0.481 e. The molecule has 1 aromatic carbocycles. The van der Waals surface area contributed by atoms with E-state index in [2.05, 4.69) is 10.6 Å². The summed E-state index contributed by atoms with van der Waals surface area (Å²) in [5.41, 5.74) is 1.72. The molecule has 1 unspecified atom stereocenters. The maximum atomic E-state index is 11.4. The normalized spacial score (nSPS) is 15.7. The van der Waals surface area contributed by atoms with Crippen molar-refractivity contribution in [1.82, 2.24) is 10.6 Å². The van der Waals surface area contributed by atoms with Crippen molar-refractivity contribution >= 4 is 17.9 Å². The van der Waals surface area contributed by atoms with Crippen molar-refractivity contribution in [3.8, 4) is 0 Å². The number of carboxylic acid groups (broad SMARTS) is 2. The Hall–Kier alpha value is -2.45. The zero-order valence-corrected chi connectivity index (χ0v) is 14.0. The Morgan fingerprint density at radius 2 is 1.71 bits per heavy atom. The molecule has 1 fully saturated rings. The van der Waals surface area contributed by atoms with E-state index in [1.54, 1.807) is 6.07 Å². The Labute approximate surface area is 140 Å². The number of carboxylic acids is 2. The molecule has 8 nitrogen and oxygen atoms in total. The molecule has 1 aliphatic heterocycles. The molecule has 4 N–H and O–H groups in total. The number of piperazine rings is 1. The first kappa shape index (κ1) is 21.6. The summed E-state index contributed by atoms with van der Waals surface area (Å²) < 4.78 is 4.70. The van der Waals surface area contributed by atoms with Crippen LogP contribution in [0.5, 0.6) is 0 Å². The molecule has 134 valence electrons. The minimum atomic E-state index is -0.833. The lowest BCUT2D eigenvalue weighted by Crippen LogP contribution is -2.42. The number of carbonyl (C=O) groups excluding carboxylic acids is 1. The van der Waals surface area contributed by atoms with Crippen molar-refractivity contribution < 1.29 is 29.3 Å². The zero-order valence-electron chi connectivity index (χ0n) is 14.0. The van der Waals surface area contributed by atoms with Crippen LogP contribution in [-0.2, 0) is 14.3 Å². The number of benzene rings is 1. The minimum absolute atomic E-state index is 0.276. The van der Waals surface area contributed by atoms with Crippen LogP contribution in [0.2, 0.25) is 0 Å². The number of hydrogen-bond donors (Lipinski definition) is 4. The standard InChI is InChI=1S/C12H16N2O2.2C2H4O2/c1-16-12(15)10-4-2-3-9(7-10)11-8-13-5-6-14-11;2*1-2(3)4/h2-4,7,11,13-14H,5-6,8H2,1H3;2*1H3,(H,3,4). The molecule has 0 amide bonds. The van der Waals surface area contributed by atoms with Gasteiger partial charge >= 0.3 is 5.97 Å². The van der Waals surface area contributed by atoms with Crippen molar-refractivity contribution in [2.24, 2.45) is 0 Å². The molecule has 0 radical (unpaired) electrons. The SMILES string of the molecule is CC(=O)O.CC(=O)O.COC(=O)c1cccc(C2CNCCN2)c1. The van der Waals surface area contributed by atoms with Gasteiger partial charge in [-0.2, -0.15) is 0 Å². The first-order valence-electron chi connectivity index (χ1n) is 7.29. The maximum absolute atomic E-state index is 11.4. The van der Waals surface area contributed by atoms with Gasteiger partial charge in [-0.15, -0.1) is 0 Å². The van der Waals surface area contributed by atoms with Crippen LogP contribution >= 0.6 is 0 Å². The van der Waals surface area contributed by atoms with Gasteiger partial charge in [0, 0.05) is 39.5 Å². The molecule has 1 aromatic rings. The molecule has 2 rings (SSSR count). The summed E-state index contributed by atoms with van der Waals surface area (Å²) in [5, 5.41) is 21.6. The quantitative estimate of drug-likeness (QED) is 0.585. The van der Waals surface area contributed by atoms with Crippen LogP contribution in [0.15, 0.2) is 24.3 Å². The highest BCUT2D eigenvalue weighted by molar-refractivity contribution is 5.89. The third-order valence-electron chi connectivity index (χ3n) is 2.75. The second-order valence-corrected chi connectivity index (χ2v) is 4.87. The van der Waals surface area contributed by atoms with E-state index in [1.807, 2.05) is 18.2 Å². The number of hydrogen-bond acceptors (Lipinski definition) is 6. The number of rotatable bonds is 2. The van der Waals surface area contributed by atoms with Gasteiger partial charge in [-0.25, -0.2) is 4.79 Å². The highest BCUT2D eigenvalue weighted by atomic mass is 16.5.